The molecule has 0 aromatic heterocycles. The largest absolute Gasteiger partial charge is 0.352 e. The van der Waals surface area contributed by atoms with Gasteiger partial charge in [0.2, 0.25) is 5.91 Å². The number of rotatable bonds is 3. The lowest BCUT2D eigenvalue weighted by Crippen LogP contribution is -2.31. The molecule has 0 radical (unpaired) electrons. The summed E-state index contributed by atoms with van der Waals surface area (Å²) < 4.78 is 0. The predicted octanol–water partition coefficient (Wildman–Crippen LogP) is 2.68. The minimum absolute atomic E-state index is 0.186. The molecule has 1 aromatic rings. The molecule has 4 atom stereocenters. The number of fused-ring (bicyclic) bond motifs is 5. The standard InChI is InChI=1S/C16H19NOS/c18-13(7-9-1-5-12(19)6-2-9)17-16-14-10-3-4-11(8-10)15(14)16/h1-2,5-6,10-11,14-16,19H,3-4,7-8H2,(H,17,18). The molecule has 2 nitrogen and oxygen atoms in total. The fraction of sp³-hybridized carbons (Fsp3) is 0.562. The number of thiol groups is 1. The van der Waals surface area contributed by atoms with Gasteiger partial charge in [-0.2, -0.15) is 0 Å². The Morgan fingerprint density at radius 1 is 1.16 bits per heavy atom. The fourth-order valence-electron chi connectivity index (χ4n) is 4.55. The Labute approximate surface area is 119 Å². The molecule has 19 heavy (non-hydrogen) atoms. The third kappa shape index (κ3) is 1.99. The van der Waals surface area contributed by atoms with E-state index in [0.29, 0.717) is 12.5 Å². The number of hydrogen-bond acceptors (Lipinski definition) is 2. The number of nitrogens with one attached hydrogen (secondary N) is 1. The van der Waals surface area contributed by atoms with Crippen LogP contribution in [0.2, 0.25) is 0 Å². The maximum Gasteiger partial charge on any atom is 0.224 e. The number of amides is 1. The van der Waals surface area contributed by atoms with E-state index >= 15 is 0 Å². The first-order valence-electron chi connectivity index (χ1n) is 7.29. The molecule has 0 saturated heterocycles. The maximum absolute atomic E-state index is 12.1. The molecule has 1 amide bonds. The number of benzene rings is 1. The summed E-state index contributed by atoms with van der Waals surface area (Å²) in [6.07, 6.45) is 4.74. The summed E-state index contributed by atoms with van der Waals surface area (Å²) >= 11 is 4.26. The van der Waals surface area contributed by atoms with Crippen molar-refractivity contribution in [2.45, 2.75) is 36.6 Å². The molecule has 3 heteroatoms. The zero-order valence-electron chi connectivity index (χ0n) is 10.9. The van der Waals surface area contributed by atoms with Crippen molar-refractivity contribution in [1.29, 1.82) is 0 Å². The Kier molecular flexibility index (Phi) is 2.66. The zero-order valence-corrected chi connectivity index (χ0v) is 11.8. The van der Waals surface area contributed by atoms with Gasteiger partial charge in [0.05, 0.1) is 6.42 Å². The summed E-state index contributed by atoms with van der Waals surface area (Å²) in [5.41, 5.74) is 1.07. The lowest BCUT2D eigenvalue weighted by molar-refractivity contribution is -0.120. The Morgan fingerprint density at radius 3 is 2.42 bits per heavy atom. The second kappa shape index (κ2) is 4.27. The van der Waals surface area contributed by atoms with Gasteiger partial charge >= 0.3 is 0 Å². The fourth-order valence-corrected chi connectivity index (χ4v) is 4.70. The average Bonchev–Trinajstić information content (AvgIpc) is 2.81. The summed E-state index contributed by atoms with van der Waals surface area (Å²) in [6.45, 7) is 0. The highest BCUT2D eigenvalue weighted by molar-refractivity contribution is 7.80. The summed E-state index contributed by atoms with van der Waals surface area (Å²) in [7, 11) is 0. The van der Waals surface area contributed by atoms with Crippen molar-refractivity contribution in [3.63, 3.8) is 0 Å². The molecule has 2 bridgehead atoms. The van der Waals surface area contributed by atoms with Crippen molar-refractivity contribution >= 4 is 18.5 Å². The SMILES string of the molecule is O=C(Cc1ccc(S)cc1)NC1C2C3CCC(C3)C12. The van der Waals surface area contributed by atoms with Crippen LogP contribution < -0.4 is 5.32 Å². The summed E-state index contributed by atoms with van der Waals surface area (Å²) in [5.74, 6) is 3.67. The van der Waals surface area contributed by atoms with Crippen molar-refractivity contribution in [2.24, 2.45) is 23.7 Å². The Morgan fingerprint density at radius 2 is 1.79 bits per heavy atom. The van der Waals surface area contributed by atoms with Crippen LogP contribution in [0.3, 0.4) is 0 Å². The monoisotopic (exact) mass is 273 g/mol. The first kappa shape index (κ1) is 11.8. The van der Waals surface area contributed by atoms with Gasteiger partial charge in [0.15, 0.2) is 0 Å². The van der Waals surface area contributed by atoms with E-state index < -0.39 is 0 Å². The molecule has 0 aliphatic heterocycles. The van der Waals surface area contributed by atoms with E-state index in [2.05, 4.69) is 17.9 Å². The topological polar surface area (TPSA) is 29.1 Å². The number of carbonyl (C=O) groups is 1. The Bertz CT molecular complexity index is 496. The van der Waals surface area contributed by atoms with E-state index in [0.717, 1.165) is 34.1 Å². The van der Waals surface area contributed by atoms with E-state index in [1.807, 2.05) is 24.3 Å². The molecular formula is C16H19NOS. The van der Waals surface area contributed by atoms with E-state index in [1.54, 1.807) is 0 Å². The van der Waals surface area contributed by atoms with Crippen LogP contribution in [0.5, 0.6) is 0 Å². The van der Waals surface area contributed by atoms with Gasteiger partial charge in [0.25, 0.3) is 0 Å². The number of hydrogen-bond donors (Lipinski definition) is 2. The van der Waals surface area contributed by atoms with Gasteiger partial charge in [-0.3, -0.25) is 4.79 Å². The molecule has 3 aliphatic carbocycles. The third-order valence-electron chi connectivity index (χ3n) is 5.36. The van der Waals surface area contributed by atoms with Gasteiger partial charge in [-0.1, -0.05) is 12.1 Å². The van der Waals surface area contributed by atoms with Gasteiger partial charge in [-0.15, -0.1) is 12.6 Å². The first-order valence-corrected chi connectivity index (χ1v) is 7.74. The highest BCUT2D eigenvalue weighted by Crippen LogP contribution is 2.65. The summed E-state index contributed by atoms with van der Waals surface area (Å²) in [4.78, 5) is 13.0. The van der Waals surface area contributed by atoms with Gasteiger partial charge in [0.1, 0.15) is 0 Å². The van der Waals surface area contributed by atoms with Crippen molar-refractivity contribution in [1.82, 2.24) is 5.32 Å². The van der Waals surface area contributed by atoms with Crippen LogP contribution in [0.25, 0.3) is 0 Å². The van der Waals surface area contributed by atoms with Gasteiger partial charge in [0, 0.05) is 10.9 Å². The molecule has 0 spiro atoms. The summed E-state index contributed by atoms with van der Waals surface area (Å²) in [5, 5.41) is 3.26. The molecule has 3 saturated carbocycles. The van der Waals surface area contributed by atoms with Crippen molar-refractivity contribution < 1.29 is 4.79 Å². The van der Waals surface area contributed by atoms with Crippen molar-refractivity contribution in [3.05, 3.63) is 29.8 Å². The van der Waals surface area contributed by atoms with E-state index in [4.69, 9.17) is 0 Å². The molecule has 1 N–H and O–H groups in total. The Hall–Kier alpha value is -0.960. The van der Waals surface area contributed by atoms with E-state index in [9.17, 15) is 4.79 Å². The molecule has 3 aliphatic rings. The first-order chi connectivity index (χ1) is 9.22. The highest BCUT2D eigenvalue weighted by atomic mass is 32.1. The lowest BCUT2D eigenvalue weighted by atomic mass is 10.0. The van der Waals surface area contributed by atoms with E-state index in [-0.39, 0.29) is 5.91 Å². The van der Waals surface area contributed by atoms with Crippen LogP contribution >= 0.6 is 12.6 Å². The van der Waals surface area contributed by atoms with Gasteiger partial charge in [-0.25, -0.2) is 0 Å². The zero-order chi connectivity index (χ0) is 13.0. The van der Waals surface area contributed by atoms with Crippen molar-refractivity contribution in [2.75, 3.05) is 0 Å². The van der Waals surface area contributed by atoms with Crippen LogP contribution in [0.1, 0.15) is 24.8 Å². The van der Waals surface area contributed by atoms with Gasteiger partial charge < -0.3 is 5.32 Å². The minimum Gasteiger partial charge on any atom is -0.352 e. The van der Waals surface area contributed by atoms with E-state index in [1.165, 1.54) is 19.3 Å². The molecule has 0 heterocycles. The Balaban J connectivity index is 1.35. The smallest absolute Gasteiger partial charge is 0.224 e. The molecule has 1 aromatic carbocycles. The molecule has 100 valence electrons. The summed E-state index contributed by atoms with van der Waals surface area (Å²) in [6, 6.07) is 8.36. The molecule has 4 rings (SSSR count). The quantitative estimate of drug-likeness (QED) is 0.815. The van der Waals surface area contributed by atoms with Crippen LogP contribution in [0, 0.1) is 23.7 Å². The highest BCUT2D eigenvalue weighted by Gasteiger charge is 2.65. The average molecular weight is 273 g/mol. The predicted molar refractivity (Wildman–Crippen MR) is 77.1 cm³/mol. The second-order valence-corrected chi connectivity index (χ2v) is 6.94. The van der Waals surface area contributed by atoms with Crippen LogP contribution in [-0.4, -0.2) is 11.9 Å². The van der Waals surface area contributed by atoms with Crippen LogP contribution in [0.15, 0.2) is 29.2 Å². The van der Waals surface area contributed by atoms with Crippen LogP contribution in [0.4, 0.5) is 0 Å². The lowest BCUT2D eigenvalue weighted by Gasteiger charge is -2.10. The third-order valence-corrected chi connectivity index (χ3v) is 5.66. The molecular weight excluding hydrogens is 254 g/mol. The maximum atomic E-state index is 12.1. The molecule has 3 fully saturated rings. The normalized spacial score (nSPS) is 38.1. The van der Waals surface area contributed by atoms with Crippen LogP contribution in [-0.2, 0) is 11.2 Å². The minimum atomic E-state index is 0.186. The van der Waals surface area contributed by atoms with Crippen molar-refractivity contribution in [3.8, 4) is 0 Å². The number of carbonyl (C=O) groups excluding carboxylic acids is 1. The molecule has 4 unspecified atom stereocenters. The van der Waals surface area contributed by atoms with Gasteiger partial charge in [-0.05, 0) is 60.6 Å². The second-order valence-electron chi connectivity index (χ2n) is 6.42.